The van der Waals surface area contributed by atoms with Crippen LogP contribution in [0.1, 0.15) is 25.7 Å². The summed E-state index contributed by atoms with van der Waals surface area (Å²) in [5, 5.41) is 3.32. The van der Waals surface area contributed by atoms with Crippen molar-refractivity contribution in [1.82, 2.24) is 5.32 Å². The van der Waals surface area contributed by atoms with Crippen molar-refractivity contribution in [2.75, 3.05) is 13.1 Å². The van der Waals surface area contributed by atoms with Crippen molar-refractivity contribution in [1.29, 1.82) is 0 Å². The van der Waals surface area contributed by atoms with Crippen LogP contribution in [-0.4, -0.2) is 13.1 Å². The molecule has 1 heterocycles. The van der Waals surface area contributed by atoms with E-state index < -0.39 is 0 Å². The van der Waals surface area contributed by atoms with Crippen LogP contribution in [0, 0.1) is 12.3 Å². The van der Waals surface area contributed by atoms with Crippen LogP contribution in [-0.2, 0) is 0 Å². The molecule has 68 valence electrons. The Hall–Kier alpha value is -0.450. The minimum absolute atomic E-state index is 0. The fraction of sp³-hybridized carbons (Fsp3) is 0.600. The SMILES string of the molecule is C#CCCC=C1CCNCC1.Cl. The van der Waals surface area contributed by atoms with Crippen molar-refractivity contribution in [3.8, 4) is 12.3 Å². The van der Waals surface area contributed by atoms with Gasteiger partial charge in [-0.05, 0) is 32.4 Å². The number of piperidine rings is 1. The number of halogens is 1. The summed E-state index contributed by atoms with van der Waals surface area (Å²) < 4.78 is 0. The highest BCUT2D eigenvalue weighted by atomic mass is 35.5. The molecule has 0 spiro atoms. The lowest BCUT2D eigenvalue weighted by Gasteiger charge is -2.14. The zero-order valence-corrected chi connectivity index (χ0v) is 8.12. The molecule has 0 bridgehead atoms. The molecule has 0 aliphatic carbocycles. The molecule has 1 rings (SSSR count). The van der Waals surface area contributed by atoms with Gasteiger partial charge in [0, 0.05) is 6.42 Å². The molecule has 0 unspecified atom stereocenters. The summed E-state index contributed by atoms with van der Waals surface area (Å²) in [4.78, 5) is 0. The number of terminal acetylenes is 1. The Morgan fingerprint density at radius 3 is 2.67 bits per heavy atom. The molecule has 1 nitrogen and oxygen atoms in total. The molecule has 1 aliphatic heterocycles. The van der Waals surface area contributed by atoms with Crippen LogP contribution in [0.15, 0.2) is 11.6 Å². The van der Waals surface area contributed by atoms with E-state index in [0.717, 1.165) is 25.9 Å². The van der Waals surface area contributed by atoms with Crippen LogP contribution in [0.2, 0.25) is 0 Å². The van der Waals surface area contributed by atoms with Gasteiger partial charge in [0.05, 0.1) is 0 Å². The van der Waals surface area contributed by atoms with Gasteiger partial charge in [-0.1, -0.05) is 11.6 Å². The summed E-state index contributed by atoms with van der Waals surface area (Å²) in [7, 11) is 0. The highest BCUT2D eigenvalue weighted by Crippen LogP contribution is 2.10. The number of unbranched alkanes of at least 4 members (excludes halogenated alkanes) is 1. The molecule has 0 amide bonds. The first kappa shape index (κ1) is 11.6. The Bertz CT molecular complexity index is 171. The molecular formula is C10H16ClN. The topological polar surface area (TPSA) is 12.0 Å². The fourth-order valence-electron chi connectivity index (χ4n) is 1.31. The van der Waals surface area contributed by atoms with Crippen LogP contribution >= 0.6 is 12.4 Å². The van der Waals surface area contributed by atoms with Gasteiger partial charge >= 0.3 is 0 Å². The largest absolute Gasteiger partial charge is 0.316 e. The zero-order chi connectivity index (χ0) is 7.94. The van der Waals surface area contributed by atoms with Crippen LogP contribution < -0.4 is 5.32 Å². The van der Waals surface area contributed by atoms with E-state index in [1.54, 1.807) is 5.57 Å². The van der Waals surface area contributed by atoms with E-state index in [-0.39, 0.29) is 12.4 Å². The smallest absolute Gasteiger partial charge is 0.0121 e. The van der Waals surface area contributed by atoms with E-state index in [2.05, 4.69) is 17.3 Å². The summed E-state index contributed by atoms with van der Waals surface area (Å²) in [5.41, 5.74) is 1.58. The second-order valence-corrected chi connectivity index (χ2v) is 2.86. The molecule has 0 atom stereocenters. The third kappa shape index (κ3) is 4.43. The number of hydrogen-bond acceptors (Lipinski definition) is 1. The summed E-state index contributed by atoms with van der Waals surface area (Å²) in [6.07, 6.45) is 11.8. The maximum atomic E-state index is 5.15. The van der Waals surface area contributed by atoms with Crippen molar-refractivity contribution in [2.24, 2.45) is 0 Å². The second-order valence-electron chi connectivity index (χ2n) is 2.86. The van der Waals surface area contributed by atoms with Gasteiger partial charge in [-0.15, -0.1) is 24.8 Å². The molecule has 1 fully saturated rings. The Morgan fingerprint density at radius 1 is 1.42 bits per heavy atom. The summed E-state index contributed by atoms with van der Waals surface area (Å²) in [6, 6.07) is 0. The van der Waals surface area contributed by atoms with Gasteiger partial charge in [0.1, 0.15) is 0 Å². The van der Waals surface area contributed by atoms with E-state index in [9.17, 15) is 0 Å². The first-order chi connectivity index (χ1) is 5.43. The molecular weight excluding hydrogens is 170 g/mol. The van der Waals surface area contributed by atoms with E-state index in [0.29, 0.717) is 0 Å². The molecule has 0 aromatic carbocycles. The van der Waals surface area contributed by atoms with Gasteiger partial charge in [0.15, 0.2) is 0 Å². The molecule has 0 radical (unpaired) electrons. The number of hydrogen-bond donors (Lipinski definition) is 1. The van der Waals surface area contributed by atoms with Crippen LogP contribution in [0.4, 0.5) is 0 Å². The average Bonchev–Trinajstić information content (AvgIpc) is 2.07. The number of allylic oxidation sites excluding steroid dienone is 1. The standard InChI is InChI=1S/C10H15N.ClH/c1-2-3-4-5-10-6-8-11-9-7-10;/h1,5,11H,3-4,6-9H2;1H. The highest BCUT2D eigenvalue weighted by Gasteiger charge is 2.02. The average molecular weight is 186 g/mol. The zero-order valence-electron chi connectivity index (χ0n) is 7.31. The van der Waals surface area contributed by atoms with Crippen LogP contribution in [0.5, 0.6) is 0 Å². The summed E-state index contributed by atoms with van der Waals surface area (Å²) >= 11 is 0. The van der Waals surface area contributed by atoms with Gasteiger partial charge in [-0.25, -0.2) is 0 Å². The molecule has 1 aliphatic rings. The van der Waals surface area contributed by atoms with Crippen molar-refractivity contribution in [2.45, 2.75) is 25.7 Å². The maximum Gasteiger partial charge on any atom is 0.0121 e. The van der Waals surface area contributed by atoms with Crippen molar-refractivity contribution < 1.29 is 0 Å². The Labute approximate surface area is 81.0 Å². The van der Waals surface area contributed by atoms with E-state index in [4.69, 9.17) is 6.42 Å². The fourth-order valence-corrected chi connectivity index (χ4v) is 1.31. The lowest BCUT2D eigenvalue weighted by atomic mass is 10.0. The molecule has 1 N–H and O–H groups in total. The minimum Gasteiger partial charge on any atom is -0.316 e. The predicted octanol–water partition coefficient (Wildman–Crippen LogP) is 2.13. The van der Waals surface area contributed by atoms with Crippen LogP contribution in [0.25, 0.3) is 0 Å². The molecule has 0 aromatic heterocycles. The van der Waals surface area contributed by atoms with Gasteiger partial charge in [-0.3, -0.25) is 0 Å². The number of nitrogens with one attached hydrogen (secondary N) is 1. The minimum atomic E-state index is 0. The van der Waals surface area contributed by atoms with Gasteiger partial charge in [-0.2, -0.15) is 0 Å². The number of rotatable bonds is 2. The first-order valence-corrected chi connectivity index (χ1v) is 4.25. The molecule has 0 saturated carbocycles. The Morgan fingerprint density at radius 2 is 2.08 bits per heavy atom. The van der Waals surface area contributed by atoms with Gasteiger partial charge in [0.25, 0.3) is 0 Å². The molecule has 12 heavy (non-hydrogen) atoms. The second kappa shape index (κ2) is 7.21. The third-order valence-corrected chi connectivity index (χ3v) is 1.97. The highest BCUT2D eigenvalue weighted by molar-refractivity contribution is 5.85. The normalized spacial score (nSPS) is 16.1. The van der Waals surface area contributed by atoms with Crippen LogP contribution in [0.3, 0.4) is 0 Å². The quantitative estimate of drug-likeness (QED) is 0.395. The summed E-state index contributed by atoms with van der Waals surface area (Å²) in [5.74, 6) is 2.65. The van der Waals surface area contributed by atoms with Crippen molar-refractivity contribution in [3.63, 3.8) is 0 Å². The molecule has 1 saturated heterocycles. The summed E-state index contributed by atoms with van der Waals surface area (Å²) in [6.45, 7) is 2.28. The van der Waals surface area contributed by atoms with E-state index >= 15 is 0 Å². The van der Waals surface area contributed by atoms with Crippen molar-refractivity contribution >= 4 is 12.4 Å². The molecule has 0 aromatic rings. The van der Waals surface area contributed by atoms with Crippen molar-refractivity contribution in [3.05, 3.63) is 11.6 Å². The Kier molecular flexibility index (Phi) is 6.94. The van der Waals surface area contributed by atoms with E-state index in [1.165, 1.54) is 12.8 Å². The Balaban J connectivity index is 0.00000121. The van der Waals surface area contributed by atoms with Gasteiger partial charge in [0.2, 0.25) is 0 Å². The van der Waals surface area contributed by atoms with E-state index in [1.807, 2.05) is 0 Å². The molecule has 2 heteroatoms. The monoisotopic (exact) mass is 185 g/mol. The third-order valence-electron chi connectivity index (χ3n) is 1.97. The predicted molar refractivity (Wildman–Crippen MR) is 55.5 cm³/mol. The lowest BCUT2D eigenvalue weighted by molar-refractivity contribution is 0.607. The first-order valence-electron chi connectivity index (χ1n) is 4.25. The maximum absolute atomic E-state index is 5.15. The lowest BCUT2D eigenvalue weighted by Crippen LogP contribution is -2.22. The van der Waals surface area contributed by atoms with Gasteiger partial charge < -0.3 is 5.32 Å².